The van der Waals surface area contributed by atoms with Gasteiger partial charge in [-0.2, -0.15) is 4.53 Å². The first-order valence-electron chi connectivity index (χ1n) is 3.59. The van der Waals surface area contributed by atoms with Gasteiger partial charge in [-0.15, -0.1) is 6.58 Å². The lowest BCUT2D eigenvalue weighted by Crippen LogP contribution is -1.99. The summed E-state index contributed by atoms with van der Waals surface area (Å²) in [6.07, 6.45) is 1.67. The molecule has 0 amide bonds. The second kappa shape index (κ2) is 4.83. The Morgan fingerprint density at radius 2 is 2.08 bits per heavy atom. The van der Waals surface area contributed by atoms with Gasteiger partial charge in [0.2, 0.25) is 0 Å². The minimum absolute atomic E-state index is 0.560. The van der Waals surface area contributed by atoms with Crippen molar-refractivity contribution in [2.45, 2.75) is 0 Å². The molecule has 1 aromatic carbocycles. The second-order valence-corrected chi connectivity index (χ2v) is 3.08. The fourth-order valence-electron chi connectivity index (χ4n) is 0.738. The zero-order valence-electron chi connectivity index (χ0n) is 6.61. The van der Waals surface area contributed by atoms with Crippen molar-refractivity contribution in [3.63, 3.8) is 0 Å². The van der Waals surface area contributed by atoms with Crippen molar-refractivity contribution in [1.82, 2.24) is 0 Å². The van der Waals surface area contributed by atoms with E-state index in [4.69, 9.17) is 0 Å². The summed E-state index contributed by atoms with van der Waals surface area (Å²) in [5, 5.41) is 0. The van der Waals surface area contributed by atoms with Crippen LogP contribution in [0.15, 0.2) is 43.0 Å². The summed E-state index contributed by atoms with van der Waals surface area (Å²) in [5.74, 6) is 0.575. The van der Waals surface area contributed by atoms with Gasteiger partial charge in [-0.25, -0.2) is 0 Å². The Bertz CT molecular complexity index is 238. The van der Waals surface area contributed by atoms with Gasteiger partial charge in [0.25, 0.3) is 0 Å². The second-order valence-electron chi connectivity index (χ2n) is 2.16. The fraction of sp³-hybridized carbons (Fsp3) is 0.111. The minimum Gasteiger partial charge on any atom is -0.152 e. The molecule has 1 rings (SSSR count). The number of hydrogen-bond donors (Lipinski definition) is 0. The van der Waals surface area contributed by atoms with Gasteiger partial charge in [0.05, 0.1) is 5.69 Å². The Hall–Kier alpha value is -0.960. The quantitative estimate of drug-likeness (QED) is 0.400. The molecule has 0 fully saturated rings. The Balaban J connectivity index is 2.53. The Labute approximate surface area is 76.0 Å². The molecule has 3 heteroatoms. The number of nitrogens with zero attached hydrogens (tertiary/aromatic N) is 1. The summed E-state index contributed by atoms with van der Waals surface area (Å²) in [5.41, 5.74) is 0.560. The molecule has 0 aliphatic carbocycles. The van der Waals surface area contributed by atoms with Gasteiger partial charge >= 0.3 is 0 Å². The fourth-order valence-corrected chi connectivity index (χ4v) is 1.24. The smallest absolute Gasteiger partial charge is 0.0818 e. The zero-order chi connectivity index (χ0) is 8.81. The minimum atomic E-state index is 0.560. The summed E-state index contributed by atoms with van der Waals surface area (Å²) < 4.78 is 13.7. The van der Waals surface area contributed by atoms with Gasteiger partial charge in [0.15, 0.2) is 0 Å². The van der Waals surface area contributed by atoms with Gasteiger partial charge in [0, 0.05) is 5.75 Å². The molecule has 0 N–H and O–H groups in total. The molecule has 0 aliphatic heterocycles. The maximum absolute atomic E-state index is 13.1. The van der Waals surface area contributed by atoms with Gasteiger partial charge in [-0.05, 0) is 24.1 Å². The predicted molar refractivity (Wildman–Crippen MR) is 52.7 cm³/mol. The van der Waals surface area contributed by atoms with E-state index in [1.54, 1.807) is 30.3 Å². The van der Waals surface area contributed by atoms with E-state index in [-0.39, 0.29) is 0 Å². The summed E-state index contributed by atoms with van der Waals surface area (Å²) in [6, 6.07) is 8.90. The molecule has 1 nitrogen and oxygen atoms in total. The first kappa shape index (κ1) is 9.13. The van der Waals surface area contributed by atoms with Gasteiger partial charge in [-0.3, -0.25) is 0 Å². The number of benzene rings is 1. The molecule has 12 heavy (non-hydrogen) atoms. The van der Waals surface area contributed by atoms with E-state index in [9.17, 15) is 4.48 Å². The van der Waals surface area contributed by atoms with E-state index >= 15 is 0 Å². The molecule has 1 aromatic rings. The standard InChI is InChI=1S/C9H10FNS/c1-2-8-12-11(10)9-6-4-3-5-7-9/h2-7H,1,8H2. The van der Waals surface area contributed by atoms with Gasteiger partial charge < -0.3 is 0 Å². The van der Waals surface area contributed by atoms with Crippen LogP contribution in [0.5, 0.6) is 0 Å². The van der Waals surface area contributed by atoms with E-state index in [0.29, 0.717) is 16.0 Å². The Morgan fingerprint density at radius 3 is 2.67 bits per heavy atom. The van der Waals surface area contributed by atoms with E-state index in [2.05, 4.69) is 6.58 Å². The molecule has 0 bridgehead atoms. The summed E-state index contributed by atoms with van der Waals surface area (Å²) >= 11 is 1.08. The first-order chi connectivity index (χ1) is 5.84. The van der Waals surface area contributed by atoms with E-state index in [1.165, 1.54) is 0 Å². The van der Waals surface area contributed by atoms with Crippen LogP contribution >= 0.6 is 11.9 Å². The molecule has 0 spiro atoms. The van der Waals surface area contributed by atoms with Crippen molar-refractivity contribution in [2.24, 2.45) is 0 Å². The topological polar surface area (TPSA) is 3.24 Å². The molecule has 0 heterocycles. The maximum Gasteiger partial charge on any atom is 0.0818 e. The van der Waals surface area contributed by atoms with E-state index < -0.39 is 0 Å². The van der Waals surface area contributed by atoms with E-state index in [1.807, 2.05) is 6.07 Å². The van der Waals surface area contributed by atoms with Crippen LogP contribution in [-0.2, 0) is 0 Å². The number of anilines is 1. The first-order valence-corrected chi connectivity index (χ1v) is 4.53. The maximum atomic E-state index is 13.1. The van der Waals surface area contributed by atoms with Crippen LogP contribution in [0.2, 0.25) is 0 Å². The van der Waals surface area contributed by atoms with Crippen molar-refractivity contribution < 1.29 is 4.48 Å². The molecular formula is C9H10FNS. The molecular weight excluding hydrogens is 173 g/mol. The predicted octanol–water partition coefficient (Wildman–Crippen LogP) is 3.21. The van der Waals surface area contributed by atoms with Crippen LogP contribution in [-0.4, -0.2) is 5.75 Å². The molecule has 0 aliphatic rings. The largest absolute Gasteiger partial charge is 0.152 e. The lowest BCUT2D eigenvalue weighted by Gasteiger charge is -2.09. The van der Waals surface area contributed by atoms with Crippen LogP contribution in [0.1, 0.15) is 0 Å². The molecule has 0 unspecified atom stereocenters. The lowest BCUT2D eigenvalue weighted by molar-refractivity contribution is 0.548. The van der Waals surface area contributed by atoms with E-state index in [0.717, 1.165) is 11.9 Å². The third-order valence-corrected chi connectivity index (χ3v) is 2.09. The van der Waals surface area contributed by atoms with Crippen molar-refractivity contribution in [2.75, 3.05) is 10.3 Å². The number of rotatable bonds is 4. The average molecular weight is 183 g/mol. The highest BCUT2D eigenvalue weighted by Gasteiger charge is 2.01. The highest BCUT2D eigenvalue weighted by Crippen LogP contribution is 2.21. The Kier molecular flexibility index (Phi) is 3.67. The van der Waals surface area contributed by atoms with Crippen LogP contribution in [0, 0.1) is 0 Å². The number of halogens is 1. The summed E-state index contributed by atoms with van der Waals surface area (Å²) in [7, 11) is 0. The number of hydrogen-bond acceptors (Lipinski definition) is 2. The summed E-state index contributed by atoms with van der Waals surface area (Å²) in [4.78, 5) is 0. The molecule has 0 saturated heterocycles. The monoisotopic (exact) mass is 183 g/mol. The molecule has 0 radical (unpaired) electrons. The zero-order valence-corrected chi connectivity index (χ0v) is 7.43. The number of para-hydroxylation sites is 1. The van der Waals surface area contributed by atoms with Crippen LogP contribution in [0.3, 0.4) is 0 Å². The van der Waals surface area contributed by atoms with Crippen molar-refractivity contribution in [3.05, 3.63) is 43.0 Å². The highest BCUT2D eigenvalue weighted by atomic mass is 32.2. The third-order valence-electron chi connectivity index (χ3n) is 1.26. The van der Waals surface area contributed by atoms with Crippen molar-refractivity contribution in [1.29, 1.82) is 0 Å². The highest BCUT2D eigenvalue weighted by molar-refractivity contribution is 8.00. The molecule has 0 aromatic heterocycles. The Morgan fingerprint density at radius 1 is 1.42 bits per heavy atom. The lowest BCUT2D eigenvalue weighted by atomic mass is 10.3. The van der Waals surface area contributed by atoms with Crippen molar-refractivity contribution >= 4 is 17.6 Å². The molecule has 64 valence electrons. The normalized spacial score (nSPS) is 9.42. The van der Waals surface area contributed by atoms with Gasteiger partial charge in [0.1, 0.15) is 0 Å². The van der Waals surface area contributed by atoms with Crippen LogP contribution in [0.25, 0.3) is 0 Å². The van der Waals surface area contributed by atoms with Crippen molar-refractivity contribution in [3.8, 4) is 0 Å². The summed E-state index contributed by atoms with van der Waals surface area (Å²) in [6.45, 7) is 3.51. The SMILES string of the molecule is C=CCSN(F)c1ccccc1. The average Bonchev–Trinajstić information content (AvgIpc) is 2.15. The third kappa shape index (κ3) is 2.58. The van der Waals surface area contributed by atoms with Crippen LogP contribution in [0.4, 0.5) is 10.2 Å². The molecule has 0 atom stereocenters. The van der Waals surface area contributed by atoms with Gasteiger partial charge in [-0.1, -0.05) is 28.8 Å². The van der Waals surface area contributed by atoms with Crippen LogP contribution < -0.4 is 4.53 Å². The molecule has 0 saturated carbocycles.